The Balaban J connectivity index is 1.23. The number of aromatic amines is 2. The first kappa shape index (κ1) is 45.5. The second-order valence-corrected chi connectivity index (χ2v) is 16.2. The SMILES string of the molecule is CCN(CCNC(=O)N[C@H](Cc1c[nH]c2ccccc12)c1ncc(C(C)(C)C(=O)N[C@H](CCCCNC(=O)OCc2ccccc2)C(=O)OC(C)(C)C)[nH]1)C(=O)c1ccco1. The highest BCUT2D eigenvalue weighted by molar-refractivity contribution is 5.92. The molecule has 326 valence electrons. The molecule has 0 aliphatic carbocycles. The minimum absolute atomic E-state index is 0.153. The van der Waals surface area contributed by atoms with E-state index < -0.39 is 47.1 Å². The van der Waals surface area contributed by atoms with Gasteiger partial charge in [-0.05, 0) is 90.1 Å². The van der Waals surface area contributed by atoms with E-state index in [0.717, 1.165) is 22.0 Å². The van der Waals surface area contributed by atoms with E-state index in [2.05, 4.69) is 36.2 Å². The van der Waals surface area contributed by atoms with Gasteiger partial charge < -0.3 is 50.0 Å². The number of para-hydroxylation sites is 1. The molecule has 0 fully saturated rings. The van der Waals surface area contributed by atoms with Crippen LogP contribution in [0.1, 0.15) is 100 Å². The maximum Gasteiger partial charge on any atom is 0.407 e. The minimum atomic E-state index is -1.20. The number of aromatic nitrogens is 3. The van der Waals surface area contributed by atoms with Gasteiger partial charge in [-0.3, -0.25) is 9.59 Å². The van der Waals surface area contributed by atoms with Gasteiger partial charge in [-0.2, -0.15) is 0 Å². The fourth-order valence-corrected chi connectivity index (χ4v) is 6.56. The molecule has 5 aromatic rings. The number of carbonyl (C=O) groups excluding carboxylic acids is 5. The van der Waals surface area contributed by atoms with Gasteiger partial charge in [0.25, 0.3) is 5.91 Å². The van der Waals surface area contributed by atoms with Crippen molar-refractivity contribution < 1.29 is 37.9 Å². The van der Waals surface area contributed by atoms with Gasteiger partial charge in [0, 0.05) is 61.6 Å². The zero-order valence-electron chi connectivity index (χ0n) is 35.8. The van der Waals surface area contributed by atoms with Crippen molar-refractivity contribution in [2.24, 2.45) is 0 Å². The van der Waals surface area contributed by atoms with Crippen LogP contribution in [-0.4, -0.2) is 87.6 Å². The molecule has 3 heterocycles. The number of ether oxygens (including phenoxy) is 2. The number of unbranched alkanes of at least 4 members (excludes halogenated alkanes) is 1. The van der Waals surface area contributed by atoms with Crippen LogP contribution in [0.3, 0.4) is 0 Å². The van der Waals surface area contributed by atoms with Crippen molar-refractivity contribution in [2.75, 3.05) is 26.2 Å². The topological polar surface area (TPSA) is 213 Å². The van der Waals surface area contributed by atoms with Crippen LogP contribution < -0.4 is 21.3 Å². The van der Waals surface area contributed by atoms with Crippen LogP contribution in [0.5, 0.6) is 0 Å². The summed E-state index contributed by atoms with van der Waals surface area (Å²) in [5.74, 6) is -0.648. The molecular weight excluding hydrogens is 781 g/mol. The van der Waals surface area contributed by atoms with Crippen molar-refractivity contribution >= 4 is 40.8 Å². The van der Waals surface area contributed by atoms with E-state index in [1.54, 1.807) is 57.8 Å². The van der Waals surface area contributed by atoms with E-state index in [9.17, 15) is 24.0 Å². The zero-order valence-corrected chi connectivity index (χ0v) is 35.8. The number of carbonyl (C=O) groups is 5. The lowest BCUT2D eigenvalue weighted by molar-refractivity contribution is -0.159. The van der Waals surface area contributed by atoms with E-state index in [1.807, 2.05) is 67.7 Å². The average Bonchev–Trinajstić information content (AvgIpc) is 4.03. The monoisotopic (exact) mass is 838 g/mol. The number of H-pyrrole nitrogens is 2. The maximum atomic E-state index is 14.0. The Morgan fingerprint density at radius 3 is 2.36 bits per heavy atom. The second-order valence-electron chi connectivity index (χ2n) is 16.2. The molecule has 0 bridgehead atoms. The highest BCUT2D eigenvalue weighted by Crippen LogP contribution is 2.27. The van der Waals surface area contributed by atoms with E-state index in [4.69, 9.17) is 13.9 Å². The zero-order chi connectivity index (χ0) is 44.0. The fraction of sp³-hybridized carbons (Fsp3) is 0.422. The number of hydrogen-bond acceptors (Lipinski definition) is 9. The normalized spacial score (nSPS) is 12.6. The molecule has 3 aromatic heterocycles. The highest BCUT2D eigenvalue weighted by atomic mass is 16.6. The highest BCUT2D eigenvalue weighted by Gasteiger charge is 2.36. The number of amides is 5. The number of hydrogen-bond donors (Lipinski definition) is 6. The van der Waals surface area contributed by atoms with Gasteiger partial charge >= 0.3 is 18.1 Å². The van der Waals surface area contributed by atoms with Gasteiger partial charge in [0.2, 0.25) is 5.91 Å². The van der Waals surface area contributed by atoms with Gasteiger partial charge in [-0.15, -0.1) is 0 Å². The number of furan rings is 1. The molecule has 61 heavy (non-hydrogen) atoms. The maximum absolute atomic E-state index is 14.0. The third kappa shape index (κ3) is 13.2. The quantitative estimate of drug-likeness (QED) is 0.0376. The summed E-state index contributed by atoms with van der Waals surface area (Å²) < 4.78 is 16.2. The van der Waals surface area contributed by atoms with Crippen molar-refractivity contribution in [3.8, 4) is 0 Å². The molecule has 6 N–H and O–H groups in total. The summed E-state index contributed by atoms with van der Waals surface area (Å²) in [5, 5.41) is 12.5. The van der Waals surface area contributed by atoms with Crippen LogP contribution in [0.15, 0.2) is 89.8 Å². The molecule has 16 heteroatoms. The molecule has 5 rings (SSSR count). The molecule has 0 saturated carbocycles. The van der Waals surface area contributed by atoms with Crippen molar-refractivity contribution in [2.45, 2.75) is 96.9 Å². The standard InChI is InChI=1S/C45H58N8O8/c1-7-53(39(54)36-21-15-25-59-36)24-23-46-42(57)51-35(26-31-27-48-33-19-12-11-18-32(31)33)38-49-28-37(52-38)45(5,6)41(56)50-34(40(55)61-44(2,3)4)20-13-14-22-47-43(58)60-29-30-16-9-8-10-17-30/h8-12,15-19,21,25,27-28,34-35,48H,7,13-14,20,22-24,26,29H2,1-6H3,(H,47,58)(H,49,52)(H,50,56)(H2,46,51,57)/t34-,35-/m1/s1. The van der Waals surface area contributed by atoms with E-state index in [-0.39, 0.29) is 37.8 Å². The van der Waals surface area contributed by atoms with Crippen molar-refractivity contribution in [3.05, 3.63) is 114 Å². The lowest BCUT2D eigenvalue weighted by Crippen LogP contribution is -2.50. The average molecular weight is 839 g/mol. The lowest BCUT2D eigenvalue weighted by atomic mass is 9.88. The second kappa shape index (κ2) is 21.1. The first-order valence-corrected chi connectivity index (χ1v) is 20.6. The van der Waals surface area contributed by atoms with E-state index in [0.29, 0.717) is 43.9 Å². The third-order valence-corrected chi connectivity index (χ3v) is 10.0. The summed E-state index contributed by atoms with van der Waals surface area (Å²) in [4.78, 5) is 78.6. The van der Waals surface area contributed by atoms with Crippen LogP contribution in [-0.2, 0) is 37.5 Å². The summed E-state index contributed by atoms with van der Waals surface area (Å²) in [6.45, 7) is 11.9. The van der Waals surface area contributed by atoms with Gasteiger partial charge in [-0.1, -0.05) is 48.5 Å². The molecule has 2 aromatic carbocycles. The number of urea groups is 1. The summed E-state index contributed by atoms with van der Waals surface area (Å²) in [6, 6.07) is 18.4. The Bertz CT molecular complexity index is 2210. The van der Waals surface area contributed by atoms with Crippen molar-refractivity contribution in [1.29, 1.82) is 0 Å². The Labute approximate surface area is 355 Å². The molecule has 0 aliphatic heterocycles. The van der Waals surface area contributed by atoms with Crippen LogP contribution >= 0.6 is 0 Å². The number of alkyl carbamates (subject to hydrolysis) is 1. The van der Waals surface area contributed by atoms with Crippen LogP contribution in [0.4, 0.5) is 9.59 Å². The summed E-state index contributed by atoms with van der Waals surface area (Å²) in [6.07, 6.45) is 6.00. The molecule has 0 radical (unpaired) electrons. The number of esters is 1. The smallest absolute Gasteiger partial charge is 0.407 e. The van der Waals surface area contributed by atoms with Crippen LogP contribution in [0, 0.1) is 0 Å². The third-order valence-electron chi connectivity index (χ3n) is 10.0. The molecule has 16 nitrogen and oxygen atoms in total. The number of rotatable bonds is 20. The van der Waals surface area contributed by atoms with Crippen molar-refractivity contribution in [3.63, 3.8) is 0 Å². The number of nitrogens with one attached hydrogen (secondary N) is 6. The van der Waals surface area contributed by atoms with Gasteiger partial charge in [-0.25, -0.2) is 19.4 Å². The predicted molar refractivity (Wildman–Crippen MR) is 229 cm³/mol. The molecule has 0 saturated heterocycles. The minimum Gasteiger partial charge on any atom is -0.459 e. The molecular formula is C45H58N8O8. The van der Waals surface area contributed by atoms with Gasteiger partial charge in [0.1, 0.15) is 24.1 Å². The number of imidazole rings is 1. The Hall–Kier alpha value is -6.58. The number of nitrogens with zero attached hydrogens (tertiary/aromatic N) is 2. The Morgan fingerprint density at radius 2 is 1.64 bits per heavy atom. The lowest BCUT2D eigenvalue weighted by Gasteiger charge is -2.28. The van der Waals surface area contributed by atoms with Gasteiger partial charge in [0.05, 0.1) is 17.7 Å². The fourth-order valence-electron chi connectivity index (χ4n) is 6.56. The number of benzene rings is 2. The number of fused-ring (bicyclic) bond motifs is 1. The van der Waals surface area contributed by atoms with Gasteiger partial charge in [0.15, 0.2) is 5.76 Å². The Morgan fingerprint density at radius 1 is 0.885 bits per heavy atom. The van der Waals surface area contributed by atoms with E-state index in [1.165, 1.54) is 6.26 Å². The van der Waals surface area contributed by atoms with Crippen LogP contribution in [0.25, 0.3) is 10.9 Å². The molecule has 5 amide bonds. The summed E-state index contributed by atoms with van der Waals surface area (Å²) in [5.41, 5.74) is 1.23. The first-order valence-electron chi connectivity index (χ1n) is 20.6. The van der Waals surface area contributed by atoms with Crippen molar-refractivity contribution in [1.82, 2.24) is 41.1 Å². The summed E-state index contributed by atoms with van der Waals surface area (Å²) in [7, 11) is 0. The summed E-state index contributed by atoms with van der Waals surface area (Å²) >= 11 is 0. The molecule has 2 atom stereocenters. The van der Waals surface area contributed by atoms with E-state index >= 15 is 0 Å². The number of likely N-dealkylation sites (N-methyl/N-ethyl adjacent to an activating group) is 1. The first-order chi connectivity index (χ1) is 29.1. The Kier molecular flexibility index (Phi) is 15.7. The predicted octanol–water partition coefficient (Wildman–Crippen LogP) is 6.43. The molecule has 0 spiro atoms. The van der Waals surface area contributed by atoms with Crippen LogP contribution in [0.2, 0.25) is 0 Å². The molecule has 0 aliphatic rings. The molecule has 0 unspecified atom stereocenters. The largest absolute Gasteiger partial charge is 0.459 e.